The Balaban J connectivity index is 2.58. The van der Waals surface area contributed by atoms with Crippen LogP contribution in [0.3, 0.4) is 0 Å². The number of amides is 3. The number of phenols is 1. The van der Waals surface area contributed by atoms with Gasteiger partial charge in [0.15, 0.2) is 0 Å². The molecular formula is C35H47N3O7. The summed E-state index contributed by atoms with van der Waals surface area (Å²) in [5, 5.41) is 15.6. The van der Waals surface area contributed by atoms with Crippen molar-refractivity contribution in [1.82, 2.24) is 15.5 Å². The Morgan fingerprint density at radius 3 is 2.02 bits per heavy atom. The summed E-state index contributed by atoms with van der Waals surface area (Å²) in [6.45, 7) is 15.6. The fourth-order valence-electron chi connectivity index (χ4n) is 4.51. The van der Waals surface area contributed by atoms with Gasteiger partial charge in [0.05, 0.1) is 0 Å². The van der Waals surface area contributed by atoms with Crippen LogP contribution in [0.5, 0.6) is 5.75 Å². The highest BCUT2D eigenvalue weighted by atomic mass is 16.6. The summed E-state index contributed by atoms with van der Waals surface area (Å²) in [6, 6.07) is 12.2. The number of hydrogen-bond acceptors (Lipinski definition) is 7. The predicted molar refractivity (Wildman–Crippen MR) is 172 cm³/mol. The minimum atomic E-state index is -1.43. The number of esters is 1. The summed E-state index contributed by atoms with van der Waals surface area (Å²) >= 11 is 0. The second-order valence-corrected chi connectivity index (χ2v) is 13.4. The molecule has 0 heterocycles. The summed E-state index contributed by atoms with van der Waals surface area (Å²) in [5.74, 6) is -2.20. The standard InChI is InChI=1S/C35H47N3O7/c1-11-38(31(41)26(19-22(2)3)37-33(43)45-35(8,9)10)29(25-17-18-28(39)23(4)20-25)30(40)36-27(32(42)44-34(5,6)7)21-24-15-13-12-14-16-24/h1,12-18,20,22,26-27,29,39H,19,21H2,2-10H3,(H,36,40)(H,37,43). The van der Waals surface area contributed by atoms with Gasteiger partial charge in [0.2, 0.25) is 5.91 Å². The quantitative estimate of drug-likeness (QED) is 0.179. The Morgan fingerprint density at radius 1 is 0.911 bits per heavy atom. The van der Waals surface area contributed by atoms with E-state index < -0.39 is 53.2 Å². The van der Waals surface area contributed by atoms with Gasteiger partial charge in [-0.3, -0.25) is 14.5 Å². The summed E-state index contributed by atoms with van der Waals surface area (Å²) in [4.78, 5) is 55.2. The molecule has 2 rings (SSSR count). The van der Waals surface area contributed by atoms with Gasteiger partial charge in [0, 0.05) is 12.5 Å². The largest absolute Gasteiger partial charge is 0.508 e. The van der Waals surface area contributed by atoms with Gasteiger partial charge in [-0.25, -0.2) is 9.59 Å². The number of aryl methyl sites for hydroxylation is 1. The van der Waals surface area contributed by atoms with Crippen LogP contribution in [0.4, 0.5) is 4.79 Å². The van der Waals surface area contributed by atoms with Crippen LogP contribution in [0.1, 0.15) is 84.5 Å². The molecule has 3 N–H and O–H groups in total. The van der Waals surface area contributed by atoms with E-state index in [1.807, 2.05) is 44.2 Å². The third-order valence-corrected chi connectivity index (χ3v) is 6.41. The summed E-state index contributed by atoms with van der Waals surface area (Å²) < 4.78 is 11.0. The van der Waals surface area contributed by atoms with E-state index in [1.165, 1.54) is 18.2 Å². The molecule has 0 aliphatic carbocycles. The highest BCUT2D eigenvalue weighted by Gasteiger charge is 2.38. The molecule has 3 atom stereocenters. The molecule has 45 heavy (non-hydrogen) atoms. The number of carbonyl (C=O) groups is 4. The lowest BCUT2D eigenvalue weighted by atomic mass is 9.98. The molecule has 3 unspecified atom stereocenters. The van der Waals surface area contributed by atoms with E-state index >= 15 is 0 Å². The number of terminal acetylenes is 1. The summed E-state index contributed by atoms with van der Waals surface area (Å²) in [5.41, 5.74) is -0.148. The molecule has 0 fully saturated rings. The minimum Gasteiger partial charge on any atom is -0.508 e. The number of carbonyl (C=O) groups excluding carboxylic acids is 4. The van der Waals surface area contributed by atoms with Gasteiger partial charge in [-0.15, -0.1) is 0 Å². The smallest absolute Gasteiger partial charge is 0.408 e. The van der Waals surface area contributed by atoms with Crippen LogP contribution in [-0.2, 0) is 30.3 Å². The molecule has 0 saturated carbocycles. The van der Waals surface area contributed by atoms with E-state index in [9.17, 15) is 24.3 Å². The Hall–Kier alpha value is -4.52. The SMILES string of the molecule is C#CN(C(=O)C(CC(C)C)NC(=O)OC(C)(C)C)C(C(=O)NC(Cc1ccccc1)C(=O)OC(C)(C)C)c1ccc(O)c(C)c1. The lowest BCUT2D eigenvalue weighted by molar-refractivity contribution is -0.159. The first-order chi connectivity index (χ1) is 20.8. The van der Waals surface area contributed by atoms with Crippen molar-refractivity contribution in [3.05, 3.63) is 65.2 Å². The van der Waals surface area contributed by atoms with Gasteiger partial charge < -0.3 is 25.2 Å². The lowest BCUT2D eigenvalue weighted by Crippen LogP contribution is -2.54. The van der Waals surface area contributed by atoms with Crippen molar-refractivity contribution in [2.75, 3.05) is 0 Å². The van der Waals surface area contributed by atoms with Gasteiger partial charge >= 0.3 is 12.1 Å². The molecule has 0 bridgehead atoms. The molecule has 0 radical (unpaired) electrons. The Kier molecular flexibility index (Phi) is 12.6. The van der Waals surface area contributed by atoms with Crippen LogP contribution in [0, 0.1) is 25.3 Å². The average molecular weight is 622 g/mol. The fraction of sp³-hybridized carbons (Fsp3) is 0.486. The molecule has 2 aromatic rings. The topological polar surface area (TPSA) is 134 Å². The van der Waals surface area contributed by atoms with Crippen molar-refractivity contribution in [2.45, 2.75) is 104 Å². The highest BCUT2D eigenvalue weighted by Crippen LogP contribution is 2.28. The van der Waals surface area contributed by atoms with E-state index in [1.54, 1.807) is 48.5 Å². The number of benzene rings is 2. The Bertz CT molecular complexity index is 1380. The van der Waals surface area contributed by atoms with E-state index in [0.717, 1.165) is 10.5 Å². The molecule has 2 aromatic carbocycles. The van der Waals surface area contributed by atoms with Crippen molar-refractivity contribution in [2.24, 2.45) is 5.92 Å². The van der Waals surface area contributed by atoms with E-state index in [-0.39, 0.29) is 30.1 Å². The van der Waals surface area contributed by atoms with Crippen molar-refractivity contribution in [3.8, 4) is 18.2 Å². The van der Waals surface area contributed by atoms with Crippen molar-refractivity contribution < 1.29 is 33.8 Å². The number of aromatic hydroxyl groups is 1. The molecule has 10 heteroatoms. The molecule has 0 spiro atoms. The van der Waals surface area contributed by atoms with Crippen LogP contribution in [0.15, 0.2) is 48.5 Å². The number of alkyl carbamates (subject to hydrolysis) is 1. The number of ether oxygens (including phenoxy) is 2. The van der Waals surface area contributed by atoms with Gasteiger partial charge in [0.1, 0.15) is 35.1 Å². The van der Waals surface area contributed by atoms with Crippen LogP contribution >= 0.6 is 0 Å². The number of nitrogens with one attached hydrogen (secondary N) is 2. The summed E-state index contributed by atoms with van der Waals surface area (Å²) in [7, 11) is 0. The first-order valence-electron chi connectivity index (χ1n) is 15.0. The minimum absolute atomic E-state index is 0.0171. The lowest BCUT2D eigenvalue weighted by Gasteiger charge is -2.32. The first kappa shape index (κ1) is 36.7. The molecular weight excluding hydrogens is 574 g/mol. The number of nitrogens with zero attached hydrogens (tertiary/aromatic N) is 1. The molecule has 0 aliphatic heterocycles. The van der Waals surface area contributed by atoms with Gasteiger partial charge in [-0.1, -0.05) is 56.7 Å². The highest BCUT2D eigenvalue weighted by molar-refractivity contribution is 5.95. The third kappa shape index (κ3) is 11.8. The fourth-order valence-corrected chi connectivity index (χ4v) is 4.51. The van der Waals surface area contributed by atoms with E-state index in [0.29, 0.717) is 5.56 Å². The molecule has 10 nitrogen and oxygen atoms in total. The molecule has 0 aromatic heterocycles. The zero-order valence-corrected chi connectivity index (χ0v) is 27.8. The van der Waals surface area contributed by atoms with Crippen LogP contribution < -0.4 is 10.6 Å². The van der Waals surface area contributed by atoms with Gasteiger partial charge in [-0.05, 0) is 89.6 Å². The van der Waals surface area contributed by atoms with Gasteiger partial charge in [0.25, 0.3) is 5.91 Å². The number of rotatable bonds is 11. The average Bonchev–Trinajstić information content (AvgIpc) is 2.90. The van der Waals surface area contributed by atoms with Crippen molar-refractivity contribution in [1.29, 1.82) is 0 Å². The zero-order valence-electron chi connectivity index (χ0n) is 27.8. The summed E-state index contributed by atoms with van der Waals surface area (Å²) in [6.07, 6.45) is 5.41. The number of phenolic OH excluding ortho intramolecular Hbond substituents is 1. The second-order valence-electron chi connectivity index (χ2n) is 13.4. The maximum absolute atomic E-state index is 14.2. The molecule has 3 amide bonds. The predicted octanol–water partition coefficient (Wildman–Crippen LogP) is 5.17. The molecule has 0 aliphatic rings. The first-order valence-corrected chi connectivity index (χ1v) is 15.0. The maximum Gasteiger partial charge on any atom is 0.408 e. The number of hydrogen-bond donors (Lipinski definition) is 3. The Labute approximate surface area is 266 Å². The van der Waals surface area contributed by atoms with Crippen LogP contribution in [-0.4, -0.2) is 57.2 Å². The zero-order chi connectivity index (χ0) is 34.1. The van der Waals surface area contributed by atoms with E-state index in [4.69, 9.17) is 15.9 Å². The normalized spacial score (nSPS) is 13.5. The van der Waals surface area contributed by atoms with Crippen molar-refractivity contribution >= 4 is 23.9 Å². The van der Waals surface area contributed by atoms with E-state index in [2.05, 4.69) is 16.7 Å². The Morgan fingerprint density at radius 2 is 1.51 bits per heavy atom. The molecule has 244 valence electrons. The monoisotopic (exact) mass is 621 g/mol. The van der Waals surface area contributed by atoms with Gasteiger partial charge in [-0.2, -0.15) is 0 Å². The van der Waals surface area contributed by atoms with Crippen molar-refractivity contribution in [3.63, 3.8) is 0 Å². The second kappa shape index (κ2) is 15.5. The van der Waals surface area contributed by atoms with Crippen LogP contribution in [0.25, 0.3) is 0 Å². The molecule has 0 saturated heterocycles. The maximum atomic E-state index is 14.2. The van der Waals surface area contributed by atoms with Crippen LogP contribution in [0.2, 0.25) is 0 Å². The third-order valence-electron chi connectivity index (χ3n) is 6.41.